The number of hydrogen-bond acceptors (Lipinski definition) is 7. The van der Waals surface area contributed by atoms with E-state index in [0.29, 0.717) is 11.3 Å². The lowest BCUT2D eigenvalue weighted by atomic mass is 10.0. The Morgan fingerprint density at radius 3 is 1.83 bits per heavy atom. The van der Waals surface area contributed by atoms with E-state index >= 15 is 0 Å². The number of methoxy groups -OCH3 is 2. The Morgan fingerprint density at radius 2 is 1.31 bits per heavy atom. The summed E-state index contributed by atoms with van der Waals surface area (Å²) >= 11 is 0. The van der Waals surface area contributed by atoms with Crippen molar-refractivity contribution >= 4 is 5.97 Å². The van der Waals surface area contributed by atoms with Crippen LogP contribution in [-0.4, -0.2) is 20.2 Å². The molecule has 0 fully saturated rings. The number of halogens is 1. The van der Waals surface area contributed by atoms with Gasteiger partial charge in [0.1, 0.15) is 11.3 Å². The molecule has 1 aromatic heterocycles. The summed E-state index contributed by atoms with van der Waals surface area (Å²) in [7, 11) is -2.02. The molecule has 0 saturated heterocycles. The maximum Gasteiger partial charge on any atom is 0.341 e. The third kappa shape index (κ3) is 6.88. The minimum Gasteiger partial charge on any atom is -0.496 e. The first kappa shape index (κ1) is 26.8. The molecule has 3 aromatic carbocycles. The highest BCUT2D eigenvalue weighted by atomic mass is 35.7. The van der Waals surface area contributed by atoms with Gasteiger partial charge in [0.05, 0.1) is 20.3 Å². The Bertz CT molecular complexity index is 1320. The Labute approximate surface area is 211 Å². The van der Waals surface area contributed by atoms with Crippen molar-refractivity contribution in [2.75, 3.05) is 14.2 Å². The smallest absolute Gasteiger partial charge is 0.341 e. The maximum absolute atomic E-state index is 12.1. The van der Waals surface area contributed by atoms with Gasteiger partial charge in [0.25, 0.3) is 0 Å². The quantitative estimate of drug-likeness (QED) is 0.285. The molecule has 0 bridgehead atoms. The first-order valence-electron chi connectivity index (χ1n) is 10.7. The van der Waals surface area contributed by atoms with Crippen LogP contribution in [0.3, 0.4) is 0 Å². The van der Waals surface area contributed by atoms with E-state index in [-0.39, 0.29) is 0 Å². The minimum absolute atomic E-state index is 0.397. The summed E-state index contributed by atoms with van der Waals surface area (Å²) in [6.07, 6.45) is 0. The Hall–Kier alpha value is -3.79. The fourth-order valence-corrected chi connectivity index (χ4v) is 3.79. The minimum atomic E-state index is -4.94. The van der Waals surface area contributed by atoms with Crippen molar-refractivity contribution in [2.24, 2.45) is 0 Å². The molecule has 4 rings (SSSR count). The predicted octanol–water partition coefficient (Wildman–Crippen LogP) is 0.645. The fraction of sp³-hybridized carbons (Fsp3) is 0.111. The average Bonchev–Trinajstić information content (AvgIpc) is 2.87. The molecule has 9 heteroatoms. The van der Waals surface area contributed by atoms with E-state index < -0.39 is 16.2 Å². The summed E-state index contributed by atoms with van der Waals surface area (Å²) in [6.45, 7) is 2.08. The van der Waals surface area contributed by atoms with Crippen molar-refractivity contribution in [3.05, 3.63) is 102 Å². The number of carbonyl (C=O) groups excluding carboxylic acids is 1. The van der Waals surface area contributed by atoms with Crippen LogP contribution in [0.4, 0.5) is 0 Å². The van der Waals surface area contributed by atoms with E-state index in [9.17, 15) is 4.79 Å². The summed E-state index contributed by atoms with van der Waals surface area (Å²) in [6, 6.07) is 30.5. The van der Waals surface area contributed by atoms with Crippen LogP contribution in [0, 0.1) is 17.2 Å². The summed E-state index contributed by atoms with van der Waals surface area (Å²) in [5.41, 5.74) is 6.81. The monoisotopic (exact) mass is 509 g/mol. The largest absolute Gasteiger partial charge is 0.496 e. The van der Waals surface area contributed by atoms with Gasteiger partial charge in [-0.25, -0.2) is 23.4 Å². The topological polar surface area (TPSA) is 132 Å². The number of carbonyl (C=O) groups is 1. The molecular weight excluding hydrogens is 486 g/mol. The van der Waals surface area contributed by atoms with Crippen molar-refractivity contribution in [1.29, 1.82) is 0 Å². The summed E-state index contributed by atoms with van der Waals surface area (Å²) < 4.78 is 46.5. The third-order valence-corrected chi connectivity index (χ3v) is 5.28. The lowest BCUT2D eigenvalue weighted by Crippen LogP contribution is -2.68. The first-order valence-corrected chi connectivity index (χ1v) is 11.9. The van der Waals surface area contributed by atoms with E-state index in [0.717, 1.165) is 33.8 Å². The molecule has 0 radical (unpaired) electrons. The number of rotatable bonds is 5. The number of nitrogens with zero attached hydrogens (tertiary/aromatic N) is 1. The molecular formula is C27H24ClNO7. The van der Waals surface area contributed by atoms with Crippen LogP contribution in [-0.2, 0) is 4.74 Å². The molecule has 0 aliphatic heterocycles. The second-order valence-corrected chi connectivity index (χ2v) is 8.35. The molecule has 4 aromatic rings. The van der Waals surface area contributed by atoms with Crippen molar-refractivity contribution in [2.45, 2.75) is 6.92 Å². The number of aromatic nitrogens is 1. The highest BCUT2D eigenvalue weighted by Crippen LogP contribution is 2.28. The van der Waals surface area contributed by atoms with Gasteiger partial charge in [-0.2, -0.15) is 4.57 Å². The van der Waals surface area contributed by atoms with Crippen molar-refractivity contribution < 1.29 is 47.7 Å². The highest BCUT2D eigenvalue weighted by molar-refractivity contribution is 5.92. The normalized spacial score (nSPS) is 10.8. The van der Waals surface area contributed by atoms with Gasteiger partial charge in [-0.05, 0) is 29.3 Å². The van der Waals surface area contributed by atoms with Crippen molar-refractivity contribution in [1.82, 2.24) is 0 Å². The lowest BCUT2D eigenvalue weighted by Gasteiger charge is -2.17. The fourth-order valence-electron chi connectivity index (χ4n) is 3.79. The summed E-state index contributed by atoms with van der Waals surface area (Å²) in [5.74, 6) is 0.0511. The third-order valence-electron chi connectivity index (χ3n) is 5.28. The molecule has 0 atom stereocenters. The molecule has 0 saturated carbocycles. The van der Waals surface area contributed by atoms with Crippen LogP contribution in [0.1, 0.15) is 16.1 Å². The van der Waals surface area contributed by atoms with E-state index in [1.807, 2.05) is 48.5 Å². The summed E-state index contributed by atoms with van der Waals surface area (Å²) in [4.78, 5) is 12.1. The van der Waals surface area contributed by atoms with Crippen LogP contribution in [0.15, 0.2) is 91.0 Å². The Balaban J connectivity index is 0.000000658. The Morgan fingerprint density at radius 1 is 0.750 bits per heavy atom. The van der Waals surface area contributed by atoms with E-state index in [4.69, 9.17) is 28.1 Å². The molecule has 1 heterocycles. The lowest BCUT2D eigenvalue weighted by molar-refractivity contribution is -2.00. The SMILES string of the molecule is COC(=O)c1ccc(-[n+]2c(C)cc(-c3ccccc3)cc2-c2ccccc2)cc1OC.[O-][Cl+3]([O-])([O-])[O-]. The molecule has 0 amide bonds. The van der Waals surface area contributed by atoms with Gasteiger partial charge in [-0.3, -0.25) is 0 Å². The highest BCUT2D eigenvalue weighted by Gasteiger charge is 2.24. The van der Waals surface area contributed by atoms with Crippen molar-refractivity contribution in [3.8, 4) is 33.8 Å². The van der Waals surface area contributed by atoms with Crippen LogP contribution >= 0.6 is 0 Å². The molecule has 0 aliphatic carbocycles. The zero-order valence-corrected chi connectivity index (χ0v) is 20.6. The van der Waals surface area contributed by atoms with Gasteiger partial charge in [0.15, 0.2) is 5.69 Å². The molecule has 0 spiro atoms. The molecule has 0 unspecified atom stereocenters. The van der Waals surface area contributed by atoms with Gasteiger partial charge < -0.3 is 9.47 Å². The van der Waals surface area contributed by atoms with E-state index in [1.165, 1.54) is 7.11 Å². The van der Waals surface area contributed by atoms with E-state index in [1.54, 1.807) is 13.2 Å². The zero-order valence-electron chi connectivity index (χ0n) is 19.8. The van der Waals surface area contributed by atoms with Gasteiger partial charge in [-0.1, -0.05) is 48.5 Å². The second-order valence-electron chi connectivity index (χ2n) is 7.59. The van der Waals surface area contributed by atoms with Crippen LogP contribution in [0.5, 0.6) is 5.75 Å². The number of esters is 1. The van der Waals surface area contributed by atoms with Crippen LogP contribution < -0.4 is 27.9 Å². The standard InChI is InChI=1S/C27H24NO3.ClHO4/c1-19-16-22(20-10-6-4-7-11-20)17-25(21-12-8-5-9-13-21)28(19)23-14-15-24(27(29)31-3)26(18-23)30-2;2-1(3,4)5/h4-18H,1-3H3;(H,2,3,4,5)/q+1;/p-1. The van der Waals surface area contributed by atoms with Gasteiger partial charge in [0, 0.05) is 30.7 Å². The Kier molecular flexibility index (Phi) is 8.76. The van der Waals surface area contributed by atoms with Crippen LogP contribution in [0.25, 0.3) is 28.1 Å². The average molecular weight is 510 g/mol. The van der Waals surface area contributed by atoms with Gasteiger partial charge in [0.2, 0.25) is 11.4 Å². The second kappa shape index (κ2) is 11.8. The number of aryl methyl sites for hydroxylation is 1. The molecule has 8 nitrogen and oxygen atoms in total. The van der Waals surface area contributed by atoms with Crippen molar-refractivity contribution in [3.63, 3.8) is 0 Å². The van der Waals surface area contributed by atoms with Gasteiger partial charge >= 0.3 is 5.97 Å². The first-order chi connectivity index (χ1) is 17.1. The number of benzene rings is 3. The van der Waals surface area contributed by atoms with Gasteiger partial charge in [-0.15, -0.1) is 10.2 Å². The number of ether oxygens (including phenoxy) is 2. The molecule has 0 aliphatic rings. The molecule has 36 heavy (non-hydrogen) atoms. The van der Waals surface area contributed by atoms with E-state index in [2.05, 4.69) is 47.9 Å². The summed E-state index contributed by atoms with van der Waals surface area (Å²) in [5, 5.41) is 0. The number of pyridine rings is 1. The predicted molar refractivity (Wildman–Crippen MR) is 121 cm³/mol. The zero-order chi connectivity index (χ0) is 26.3. The number of hydrogen-bond donors (Lipinski definition) is 0. The maximum atomic E-state index is 12.1. The molecule has 186 valence electrons. The molecule has 0 N–H and O–H groups in total. The van der Waals surface area contributed by atoms with Crippen LogP contribution in [0.2, 0.25) is 0 Å².